The normalized spacial score (nSPS) is 19.1. The molecule has 2 aromatic rings. The maximum absolute atomic E-state index is 12.7. The molecule has 0 N–H and O–H groups in total. The third kappa shape index (κ3) is 4.26. The topological polar surface area (TPSA) is 58.6 Å². The highest BCUT2D eigenvalue weighted by molar-refractivity contribution is 7.18. The highest BCUT2D eigenvalue weighted by Crippen LogP contribution is 2.44. The van der Waals surface area contributed by atoms with E-state index < -0.39 is 18.2 Å². The number of carbonyl (C=O) groups is 1. The molecule has 0 radical (unpaired) electrons. The van der Waals surface area contributed by atoms with Gasteiger partial charge in [-0.2, -0.15) is 13.2 Å². The lowest BCUT2D eigenvalue weighted by Gasteiger charge is -2.48. The average Bonchev–Trinajstić information content (AvgIpc) is 3.13. The molecule has 0 aromatic carbocycles. The summed E-state index contributed by atoms with van der Waals surface area (Å²) in [6, 6.07) is 1.55. The Kier molecular flexibility index (Phi) is 4.67. The molecule has 0 saturated carbocycles. The Bertz CT molecular complexity index is 932. The second-order valence-corrected chi connectivity index (χ2v) is 10.0. The fourth-order valence-corrected chi connectivity index (χ4v) is 5.04. The Labute approximate surface area is 170 Å². The lowest BCUT2D eigenvalue weighted by atomic mass is 9.79. The van der Waals surface area contributed by atoms with Gasteiger partial charge in [0, 0.05) is 36.5 Å². The fourth-order valence-electron chi connectivity index (χ4n) is 4.02. The average molecular weight is 428 g/mol. The summed E-state index contributed by atoms with van der Waals surface area (Å²) in [5.74, 6) is 0.668. The van der Waals surface area contributed by atoms with Gasteiger partial charge in [-0.1, -0.05) is 0 Å². The van der Waals surface area contributed by atoms with Gasteiger partial charge < -0.3 is 14.5 Å². The highest BCUT2D eigenvalue weighted by Gasteiger charge is 2.50. The van der Waals surface area contributed by atoms with Crippen LogP contribution in [0.4, 0.5) is 23.8 Å². The van der Waals surface area contributed by atoms with Crippen molar-refractivity contribution in [1.29, 1.82) is 0 Å². The van der Waals surface area contributed by atoms with E-state index in [-0.39, 0.29) is 16.4 Å². The molecule has 2 fully saturated rings. The highest BCUT2D eigenvalue weighted by atomic mass is 32.1. The van der Waals surface area contributed by atoms with Gasteiger partial charge in [0.2, 0.25) is 0 Å². The van der Waals surface area contributed by atoms with Gasteiger partial charge in [-0.05, 0) is 33.3 Å². The molecule has 0 bridgehead atoms. The summed E-state index contributed by atoms with van der Waals surface area (Å²) >= 11 is 1.06. The molecule has 0 atom stereocenters. The number of hydrogen-bond donors (Lipinski definition) is 0. The van der Waals surface area contributed by atoms with E-state index in [2.05, 4.69) is 14.9 Å². The van der Waals surface area contributed by atoms with E-state index in [0.717, 1.165) is 17.8 Å². The number of aromatic nitrogens is 2. The van der Waals surface area contributed by atoms with Crippen LogP contribution in [0.5, 0.6) is 0 Å². The van der Waals surface area contributed by atoms with E-state index >= 15 is 0 Å². The Hall–Kier alpha value is -2.10. The number of thiophene rings is 1. The van der Waals surface area contributed by atoms with Gasteiger partial charge in [-0.3, -0.25) is 0 Å². The van der Waals surface area contributed by atoms with Gasteiger partial charge in [0.15, 0.2) is 0 Å². The zero-order valence-corrected chi connectivity index (χ0v) is 17.4. The standard InChI is InChI=1S/C19H23F3N4O2S/c1-17(2,3)28-16(27)25-5-4-18(8-25)9-26(10-18)14-13-6-12(7-19(20,21)22)29-15(13)24-11-23-14/h6,11H,4-5,7-10H2,1-3H3. The summed E-state index contributed by atoms with van der Waals surface area (Å²) in [5, 5.41) is 0.661. The number of hydrogen-bond acceptors (Lipinski definition) is 6. The summed E-state index contributed by atoms with van der Waals surface area (Å²) < 4.78 is 43.6. The second kappa shape index (κ2) is 6.72. The largest absolute Gasteiger partial charge is 0.444 e. The van der Waals surface area contributed by atoms with E-state index in [1.165, 1.54) is 6.33 Å². The molecule has 4 rings (SSSR count). The van der Waals surface area contributed by atoms with E-state index in [1.807, 2.05) is 20.8 Å². The Balaban J connectivity index is 1.45. The second-order valence-electron chi connectivity index (χ2n) is 8.93. The zero-order chi connectivity index (χ0) is 21.0. The molecule has 2 aliphatic heterocycles. The first kappa shape index (κ1) is 20.2. The minimum Gasteiger partial charge on any atom is -0.444 e. The minimum absolute atomic E-state index is 0.0149. The van der Waals surface area contributed by atoms with Crippen molar-refractivity contribution in [1.82, 2.24) is 14.9 Å². The number of likely N-dealkylation sites (tertiary alicyclic amines) is 1. The number of carbonyl (C=O) groups excluding carboxylic acids is 1. The Morgan fingerprint density at radius 1 is 1.24 bits per heavy atom. The fraction of sp³-hybridized carbons (Fsp3) is 0.632. The van der Waals surface area contributed by atoms with Gasteiger partial charge in [-0.15, -0.1) is 11.3 Å². The van der Waals surface area contributed by atoms with Gasteiger partial charge in [0.25, 0.3) is 0 Å². The zero-order valence-electron chi connectivity index (χ0n) is 16.5. The Morgan fingerprint density at radius 3 is 2.62 bits per heavy atom. The number of alkyl halides is 3. The van der Waals surface area contributed by atoms with Gasteiger partial charge >= 0.3 is 12.3 Å². The van der Waals surface area contributed by atoms with E-state index in [0.29, 0.717) is 42.2 Å². The van der Waals surface area contributed by atoms with Crippen molar-refractivity contribution in [3.63, 3.8) is 0 Å². The SMILES string of the molecule is CC(C)(C)OC(=O)N1CCC2(C1)CN(c1ncnc3sc(CC(F)(F)F)cc13)C2. The first-order valence-corrected chi connectivity index (χ1v) is 10.3. The van der Waals surface area contributed by atoms with Crippen molar-refractivity contribution in [3.8, 4) is 0 Å². The lowest BCUT2D eigenvalue weighted by Crippen LogP contribution is -2.58. The summed E-state index contributed by atoms with van der Waals surface area (Å²) in [7, 11) is 0. The van der Waals surface area contributed by atoms with Crippen molar-refractivity contribution in [2.24, 2.45) is 5.41 Å². The van der Waals surface area contributed by atoms with Crippen LogP contribution in [-0.4, -0.2) is 58.9 Å². The van der Waals surface area contributed by atoms with Crippen LogP contribution in [0.1, 0.15) is 32.1 Å². The molecule has 158 valence electrons. The quantitative estimate of drug-likeness (QED) is 0.716. The molecule has 2 aliphatic rings. The van der Waals surface area contributed by atoms with Gasteiger partial charge in [0.05, 0.1) is 11.8 Å². The van der Waals surface area contributed by atoms with E-state index in [4.69, 9.17) is 4.74 Å². The van der Waals surface area contributed by atoms with Gasteiger partial charge in [0.1, 0.15) is 22.6 Å². The van der Waals surface area contributed by atoms with Crippen molar-refractivity contribution < 1.29 is 22.7 Å². The van der Waals surface area contributed by atoms with E-state index in [1.54, 1.807) is 11.0 Å². The molecule has 2 aromatic heterocycles. The predicted molar refractivity (Wildman–Crippen MR) is 104 cm³/mol. The molecular weight excluding hydrogens is 405 g/mol. The van der Waals surface area contributed by atoms with E-state index in [9.17, 15) is 18.0 Å². The maximum Gasteiger partial charge on any atom is 0.410 e. The van der Waals surface area contributed by atoms with Crippen LogP contribution in [0.15, 0.2) is 12.4 Å². The molecule has 1 spiro atoms. The third-order valence-corrected chi connectivity index (χ3v) is 6.22. The number of halogens is 3. The number of nitrogens with zero attached hydrogens (tertiary/aromatic N) is 4. The first-order chi connectivity index (χ1) is 13.4. The summed E-state index contributed by atoms with van der Waals surface area (Å²) in [6.07, 6.45) is -3.23. The van der Waals surface area contributed by atoms with Crippen molar-refractivity contribution in [2.45, 2.75) is 45.4 Å². The van der Waals surface area contributed by atoms with Crippen LogP contribution in [0.25, 0.3) is 10.2 Å². The molecule has 0 aliphatic carbocycles. The summed E-state index contributed by atoms with van der Waals surface area (Å²) in [6.45, 7) is 8.22. The maximum atomic E-state index is 12.7. The number of anilines is 1. The first-order valence-electron chi connectivity index (χ1n) is 9.46. The Morgan fingerprint density at radius 2 is 1.97 bits per heavy atom. The predicted octanol–water partition coefficient (Wildman–Crippen LogP) is 4.24. The monoisotopic (exact) mass is 428 g/mol. The number of rotatable bonds is 2. The molecule has 2 saturated heterocycles. The van der Waals surface area contributed by atoms with Crippen molar-refractivity contribution in [2.75, 3.05) is 31.1 Å². The molecule has 1 amide bonds. The molecule has 6 nitrogen and oxygen atoms in total. The minimum atomic E-state index is -4.25. The van der Waals surface area contributed by atoms with Crippen LogP contribution in [0, 0.1) is 5.41 Å². The molecule has 4 heterocycles. The number of ether oxygens (including phenoxy) is 1. The number of amides is 1. The smallest absolute Gasteiger partial charge is 0.410 e. The van der Waals surface area contributed by atoms with Crippen molar-refractivity contribution >= 4 is 33.5 Å². The molecule has 10 heteroatoms. The summed E-state index contributed by atoms with van der Waals surface area (Å²) in [4.78, 5) is 25.4. The molecular formula is C19H23F3N4O2S. The lowest BCUT2D eigenvalue weighted by molar-refractivity contribution is -0.126. The molecule has 29 heavy (non-hydrogen) atoms. The van der Waals surface area contributed by atoms with Crippen LogP contribution < -0.4 is 4.90 Å². The van der Waals surface area contributed by atoms with Crippen LogP contribution >= 0.6 is 11.3 Å². The van der Waals surface area contributed by atoms with Gasteiger partial charge in [-0.25, -0.2) is 14.8 Å². The third-order valence-electron chi connectivity index (χ3n) is 5.18. The number of fused-ring (bicyclic) bond motifs is 1. The van der Waals surface area contributed by atoms with Crippen LogP contribution in [0.2, 0.25) is 0 Å². The summed E-state index contributed by atoms with van der Waals surface area (Å²) in [5.41, 5.74) is -0.545. The molecule has 0 unspecified atom stereocenters. The van der Waals surface area contributed by atoms with Crippen molar-refractivity contribution in [3.05, 3.63) is 17.3 Å². The van der Waals surface area contributed by atoms with Crippen LogP contribution in [-0.2, 0) is 11.2 Å². The van der Waals surface area contributed by atoms with Crippen LogP contribution in [0.3, 0.4) is 0 Å².